The van der Waals surface area contributed by atoms with Crippen molar-refractivity contribution in [1.29, 1.82) is 0 Å². The maximum atomic E-state index is 12.7. The molecule has 128 valence electrons. The first-order valence-electron chi connectivity index (χ1n) is 7.12. The van der Waals surface area contributed by atoms with Crippen LogP contribution in [0, 0.1) is 0 Å². The largest absolute Gasteiger partial charge is 0.453 e. The fraction of sp³-hybridized carbons (Fsp3) is 0.357. The van der Waals surface area contributed by atoms with Gasteiger partial charge in [0.05, 0.1) is 5.25 Å². The van der Waals surface area contributed by atoms with E-state index in [1.165, 1.54) is 0 Å². The molecule has 0 saturated heterocycles. The van der Waals surface area contributed by atoms with Gasteiger partial charge in [-0.2, -0.15) is 13.2 Å². The minimum atomic E-state index is -4.69. The number of rotatable bonds is 3. The summed E-state index contributed by atoms with van der Waals surface area (Å²) in [6, 6.07) is 7.55. The Hall–Kier alpha value is -2.23. The van der Waals surface area contributed by atoms with Gasteiger partial charge < -0.3 is 10.7 Å². The zero-order valence-corrected chi connectivity index (χ0v) is 13.4. The van der Waals surface area contributed by atoms with Gasteiger partial charge in [-0.3, -0.25) is 4.79 Å². The molecule has 10 heteroatoms. The number of halogens is 3. The summed E-state index contributed by atoms with van der Waals surface area (Å²) in [7, 11) is 0. The average molecular weight is 357 g/mol. The van der Waals surface area contributed by atoms with Crippen LogP contribution in [0.4, 0.5) is 18.9 Å². The van der Waals surface area contributed by atoms with Crippen molar-refractivity contribution in [3.63, 3.8) is 0 Å². The Kier molecular flexibility index (Phi) is 4.16. The topological polar surface area (TPSA) is 77.0 Å². The number of alkyl halides is 3. The lowest BCUT2D eigenvalue weighted by Crippen LogP contribution is -2.35. The standard InChI is InChI=1S/C14H14F3N5OS/c1-8(24-13-20-19-12(22(13)18)14(15,16)17)11(23)21-7-6-9-4-2-3-5-10(9)21/h2-5,8H,6-7,18H2,1H3/t8-/m0/s1. The van der Waals surface area contributed by atoms with Crippen LogP contribution in [0.15, 0.2) is 29.4 Å². The maximum absolute atomic E-state index is 12.7. The Morgan fingerprint density at radius 1 is 1.33 bits per heavy atom. The number of para-hydroxylation sites is 1. The first kappa shape index (κ1) is 16.6. The first-order chi connectivity index (χ1) is 11.3. The third kappa shape index (κ3) is 2.93. The molecule has 0 radical (unpaired) electrons. The molecule has 1 aliphatic heterocycles. The second-order valence-electron chi connectivity index (χ2n) is 5.30. The van der Waals surface area contributed by atoms with Gasteiger partial charge >= 0.3 is 6.18 Å². The van der Waals surface area contributed by atoms with Crippen molar-refractivity contribution in [2.24, 2.45) is 0 Å². The van der Waals surface area contributed by atoms with Gasteiger partial charge in [0, 0.05) is 12.2 Å². The Bertz CT molecular complexity index is 776. The molecule has 0 fully saturated rings. The molecule has 3 rings (SSSR count). The molecule has 0 spiro atoms. The second-order valence-corrected chi connectivity index (χ2v) is 6.61. The highest BCUT2D eigenvalue weighted by Crippen LogP contribution is 2.33. The molecule has 0 bridgehead atoms. The molecule has 1 aromatic heterocycles. The Balaban J connectivity index is 1.75. The molecule has 1 aromatic carbocycles. The van der Waals surface area contributed by atoms with Crippen molar-refractivity contribution in [2.75, 3.05) is 17.3 Å². The lowest BCUT2D eigenvalue weighted by molar-refractivity contribution is -0.146. The number of nitrogen functional groups attached to an aromatic ring is 1. The number of thioether (sulfide) groups is 1. The molecular weight excluding hydrogens is 343 g/mol. The van der Waals surface area contributed by atoms with Gasteiger partial charge in [0.15, 0.2) is 0 Å². The van der Waals surface area contributed by atoms with Crippen molar-refractivity contribution in [1.82, 2.24) is 14.9 Å². The predicted octanol–water partition coefficient (Wildman–Crippen LogP) is 2.08. The molecule has 1 aliphatic rings. The number of nitrogens with zero attached hydrogens (tertiary/aromatic N) is 4. The van der Waals surface area contributed by atoms with Gasteiger partial charge in [-0.25, -0.2) is 4.68 Å². The summed E-state index contributed by atoms with van der Waals surface area (Å²) in [5.41, 5.74) is 1.91. The smallest absolute Gasteiger partial charge is 0.335 e. The summed E-state index contributed by atoms with van der Waals surface area (Å²) in [6.45, 7) is 2.15. The third-order valence-electron chi connectivity index (χ3n) is 3.70. The van der Waals surface area contributed by atoms with Crippen molar-refractivity contribution in [2.45, 2.75) is 29.9 Å². The quantitative estimate of drug-likeness (QED) is 0.672. The van der Waals surface area contributed by atoms with E-state index in [9.17, 15) is 18.0 Å². The molecule has 2 heterocycles. The summed E-state index contributed by atoms with van der Waals surface area (Å²) >= 11 is 0.850. The van der Waals surface area contributed by atoms with Crippen LogP contribution in [0.2, 0.25) is 0 Å². The van der Waals surface area contributed by atoms with Crippen molar-refractivity contribution < 1.29 is 18.0 Å². The number of hydrogen-bond donors (Lipinski definition) is 1. The fourth-order valence-electron chi connectivity index (χ4n) is 2.55. The number of carbonyl (C=O) groups is 1. The van der Waals surface area contributed by atoms with Crippen LogP contribution < -0.4 is 10.7 Å². The summed E-state index contributed by atoms with van der Waals surface area (Å²) in [6.07, 6.45) is -3.94. The van der Waals surface area contributed by atoms with Crippen LogP contribution in [0.25, 0.3) is 0 Å². The van der Waals surface area contributed by atoms with E-state index in [4.69, 9.17) is 5.84 Å². The molecule has 1 amide bonds. The van der Waals surface area contributed by atoms with E-state index in [-0.39, 0.29) is 11.1 Å². The Morgan fingerprint density at radius 2 is 2.04 bits per heavy atom. The number of benzene rings is 1. The normalized spacial score (nSPS) is 15.4. The molecule has 1 atom stereocenters. The highest BCUT2D eigenvalue weighted by molar-refractivity contribution is 8.00. The maximum Gasteiger partial charge on any atom is 0.453 e. The number of carbonyl (C=O) groups excluding carboxylic acids is 1. The SMILES string of the molecule is C[C@H](Sc1nnc(C(F)(F)F)n1N)C(=O)N1CCc2ccccc21. The van der Waals surface area contributed by atoms with E-state index in [0.717, 1.165) is 29.4 Å². The van der Waals surface area contributed by atoms with Crippen LogP contribution in [0.5, 0.6) is 0 Å². The molecule has 2 aromatic rings. The van der Waals surface area contributed by atoms with Crippen LogP contribution in [-0.2, 0) is 17.4 Å². The van der Waals surface area contributed by atoms with Gasteiger partial charge in [0.25, 0.3) is 5.82 Å². The third-order valence-corrected chi connectivity index (χ3v) is 4.75. The number of amides is 1. The molecule has 2 N–H and O–H groups in total. The number of anilines is 1. The van der Waals surface area contributed by atoms with Crippen LogP contribution in [0.3, 0.4) is 0 Å². The van der Waals surface area contributed by atoms with E-state index < -0.39 is 17.3 Å². The van der Waals surface area contributed by atoms with Gasteiger partial charge in [0.2, 0.25) is 11.1 Å². The highest BCUT2D eigenvalue weighted by Gasteiger charge is 2.39. The molecular formula is C14H14F3N5OS. The zero-order chi connectivity index (χ0) is 17.5. The minimum Gasteiger partial charge on any atom is -0.335 e. The van der Waals surface area contributed by atoms with E-state index in [0.29, 0.717) is 11.2 Å². The second kappa shape index (κ2) is 6.00. The Labute approximate surface area is 139 Å². The van der Waals surface area contributed by atoms with Crippen LogP contribution in [-0.4, -0.2) is 32.6 Å². The lowest BCUT2D eigenvalue weighted by Gasteiger charge is -2.21. The lowest BCUT2D eigenvalue weighted by atomic mass is 10.2. The van der Waals surface area contributed by atoms with E-state index >= 15 is 0 Å². The molecule has 0 unspecified atom stereocenters. The summed E-state index contributed by atoms with van der Waals surface area (Å²) < 4.78 is 38.4. The molecule has 0 saturated carbocycles. The van der Waals surface area contributed by atoms with E-state index in [2.05, 4.69) is 10.2 Å². The summed E-state index contributed by atoms with van der Waals surface area (Å²) in [5, 5.41) is 5.68. The fourth-order valence-corrected chi connectivity index (χ4v) is 3.38. The zero-order valence-electron chi connectivity index (χ0n) is 12.6. The van der Waals surface area contributed by atoms with Crippen LogP contribution >= 0.6 is 11.8 Å². The van der Waals surface area contributed by atoms with Crippen molar-refractivity contribution >= 4 is 23.4 Å². The van der Waals surface area contributed by atoms with Gasteiger partial charge in [0.1, 0.15) is 0 Å². The van der Waals surface area contributed by atoms with Gasteiger partial charge in [-0.15, -0.1) is 10.2 Å². The predicted molar refractivity (Wildman–Crippen MR) is 83.0 cm³/mol. The highest BCUT2D eigenvalue weighted by atomic mass is 32.2. The van der Waals surface area contributed by atoms with Crippen molar-refractivity contribution in [3.05, 3.63) is 35.7 Å². The summed E-state index contributed by atoms with van der Waals surface area (Å²) in [4.78, 5) is 14.2. The Morgan fingerprint density at radius 3 is 2.71 bits per heavy atom. The number of fused-ring (bicyclic) bond motifs is 1. The van der Waals surface area contributed by atoms with Crippen LogP contribution in [0.1, 0.15) is 18.3 Å². The van der Waals surface area contributed by atoms with E-state index in [1.54, 1.807) is 11.8 Å². The van der Waals surface area contributed by atoms with Crippen molar-refractivity contribution in [3.8, 4) is 0 Å². The number of aromatic nitrogens is 3. The van der Waals surface area contributed by atoms with E-state index in [1.807, 2.05) is 24.3 Å². The first-order valence-corrected chi connectivity index (χ1v) is 8.00. The van der Waals surface area contributed by atoms with Gasteiger partial charge in [-0.05, 0) is 25.0 Å². The molecule has 24 heavy (non-hydrogen) atoms. The molecule has 6 nitrogen and oxygen atoms in total. The average Bonchev–Trinajstić information content (AvgIpc) is 3.10. The number of nitrogens with two attached hydrogens (primary N) is 1. The summed E-state index contributed by atoms with van der Waals surface area (Å²) in [5.74, 6) is 3.89. The molecule has 0 aliphatic carbocycles. The number of hydrogen-bond acceptors (Lipinski definition) is 5. The monoisotopic (exact) mass is 357 g/mol. The van der Waals surface area contributed by atoms with Gasteiger partial charge in [-0.1, -0.05) is 30.0 Å². The minimum absolute atomic E-state index is 0.157.